The van der Waals surface area contributed by atoms with Crippen LogP contribution < -0.4 is 5.32 Å². The van der Waals surface area contributed by atoms with E-state index in [-0.39, 0.29) is 23.5 Å². The minimum absolute atomic E-state index is 0.121. The van der Waals surface area contributed by atoms with E-state index in [2.05, 4.69) is 5.32 Å². The molecule has 1 saturated heterocycles. The average Bonchev–Trinajstić information content (AvgIpc) is 2.75. The Morgan fingerprint density at radius 3 is 2.52 bits per heavy atom. The van der Waals surface area contributed by atoms with Gasteiger partial charge >= 0.3 is 0 Å². The van der Waals surface area contributed by atoms with Gasteiger partial charge in [0.05, 0.1) is 23.7 Å². The molecule has 0 radical (unpaired) electrons. The van der Waals surface area contributed by atoms with Gasteiger partial charge in [-0.25, -0.2) is 12.8 Å². The zero-order valence-electron chi connectivity index (χ0n) is 15.5. The highest BCUT2D eigenvalue weighted by molar-refractivity contribution is 7.89. The Hall–Kier alpha value is -2.81. The van der Waals surface area contributed by atoms with Crippen LogP contribution in [-0.2, 0) is 14.8 Å². The summed E-state index contributed by atoms with van der Waals surface area (Å²) < 4.78 is 46.5. The summed E-state index contributed by atoms with van der Waals surface area (Å²) in [6.45, 7) is 1.04. The van der Waals surface area contributed by atoms with Gasteiger partial charge in [0.15, 0.2) is 0 Å². The van der Waals surface area contributed by atoms with Gasteiger partial charge in [-0.05, 0) is 29.7 Å². The van der Waals surface area contributed by atoms with Crippen molar-refractivity contribution in [3.63, 3.8) is 0 Å². The number of nitrogens with one attached hydrogen (secondary N) is 1. The maximum absolute atomic E-state index is 14.4. The lowest BCUT2D eigenvalue weighted by molar-refractivity contribution is 0.0730. The lowest BCUT2D eigenvalue weighted by Crippen LogP contribution is -2.40. The standard InChI is InChI=1S/C21H19FN2O4S/c22-19-9-8-16(29(26,27)24-10-12-28-13-11-24)14-18(19)21(25)23-20-7-3-5-15-4-1-2-6-17(15)20/h1-9,14H,10-13H2,(H,23,25). The van der Waals surface area contributed by atoms with Crippen molar-refractivity contribution in [2.45, 2.75) is 4.90 Å². The molecule has 0 spiro atoms. The minimum atomic E-state index is -3.84. The molecule has 0 aliphatic carbocycles. The lowest BCUT2D eigenvalue weighted by atomic mass is 10.1. The van der Waals surface area contributed by atoms with E-state index in [1.165, 1.54) is 10.4 Å². The second-order valence-corrected chi connectivity index (χ2v) is 8.58. The third-order valence-electron chi connectivity index (χ3n) is 4.83. The highest BCUT2D eigenvalue weighted by Gasteiger charge is 2.28. The van der Waals surface area contributed by atoms with Gasteiger partial charge < -0.3 is 10.1 Å². The van der Waals surface area contributed by atoms with E-state index in [9.17, 15) is 17.6 Å². The smallest absolute Gasteiger partial charge is 0.258 e. The maximum Gasteiger partial charge on any atom is 0.258 e. The molecule has 1 aliphatic heterocycles. The summed E-state index contributed by atoms with van der Waals surface area (Å²) in [5, 5.41) is 4.42. The molecular weight excluding hydrogens is 395 g/mol. The van der Waals surface area contributed by atoms with Crippen molar-refractivity contribution in [1.82, 2.24) is 4.31 Å². The van der Waals surface area contributed by atoms with Crippen molar-refractivity contribution in [3.05, 3.63) is 72.0 Å². The van der Waals surface area contributed by atoms with E-state index in [0.29, 0.717) is 18.9 Å². The largest absolute Gasteiger partial charge is 0.379 e. The fourth-order valence-corrected chi connectivity index (χ4v) is 4.73. The van der Waals surface area contributed by atoms with Gasteiger partial charge in [0.1, 0.15) is 5.82 Å². The van der Waals surface area contributed by atoms with Crippen molar-refractivity contribution < 1.29 is 22.3 Å². The van der Waals surface area contributed by atoms with E-state index in [0.717, 1.165) is 22.9 Å². The van der Waals surface area contributed by atoms with Crippen LogP contribution in [-0.4, -0.2) is 44.9 Å². The van der Waals surface area contributed by atoms with Crippen LogP contribution in [0.4, 0.5) is 10.1 Å². The molecule has 1 heterocycles. The molecule has 0 aromatic heterocycles. The molecule has 1 amide bonds. The molecular formula is C21H19FN2O4S. The molecule has 1 N–H and O–H groups in total. The van der Waals surface area contributed by atoms with Crippen LogP contribution in [0.15, 0.2) is 65.6 Å². The van der Waals surface area contributed by atoms with Crippen molar-refractivity contribution in [2.24, 2.45) is 0 Å². The van der Waals surface area contributed by atoms with Crippen LogP contribution in [0.1, 0.15) is 10.4 Å². The van der Waals surface area contributed by atoms with Crippen LogP contribution in [0.5, 0.6) is 0 Å². The van der Waals surface area contributed by atoms with Gasteiger partial charge in [-0.3, -0.25) is 4.79 Å². The van der Waals surface area contributed by atoms with Crippen molar-refractivity contribution in [3.8, 4) is 0 Å². The molecule has 0 unspecified atom stereocenters. The Balaban J connectivity index is 1.66. The van der Waals surface area contributed by atoms with Crippen LogP contribution in [0.25, 0.3) is 10.8 Å². The third-order valence-corrected chi connectivity index (χ3v) is 6.72. The summed E-state index contributed by atoms with van der Waals surface area (Å²) in [5.41, 5.74) is 0.196. The first kappa shape index (κ1) is 19.5. The summed E-state index contributed by atoms with van der Waals surface area (Å²) in [6, 6.07) is 16.1. The highest BCUT2D eigenvalue weighted by atomic mass is 32.2. The molecule has 3 aromatic carbocycles. The lowest BCUT2D eigenvalue weighted by Gasteiger charge is -2.26. The zero-order chi connectivity index (χ0) is 20.4. The molecule has 0 atom stereocenters. The third kappa shape index (κ3) is 3.87. The first-order chi connectivity index (χ1) is 14.0. The van der Waals surface area contributed by atoms with E-state index < -0.39 is 21.7 Å². The van der Waals surface area contributed by atoms with Gasteiger partial charge in [-0.2, -0.15) is 4.31 Å². The molecule has 1 aliphatic rings. The molecule has 3 aromatic rings. The number of hydrogen-bond acceptors (Lipinski definition) is 4. The Labute approximate surface area is 168 Å². The molecule has 0 bridgehead atoms. The summed E-state index contributed by atoms with van der Waals surface area (Å²) in [5.74, 6) is -1.50. The second kappa shape index (κ2) is 7.90. The summed E-state index contributed by atoms with van der Waals surface area (Å²) in [6.07, 6.45) is 0. The van der Waals surface area contributed by atoms with E-state index in [1.807, 2.05) is 30.3 Å². The van der Waals surface area contributed by atoms with E-state index >= 15 is 0 Å². The predicted octanol–water partition coefficient (Wildman–Crippen LogP) is 3.25. The Bertz CT molecular complexity index is 1170. The predicted molar refractivity (Wildman–Crippen MR) is 108 cm³/mol. The quantitative estimate of drug-likeness (QED) is 0.711. The second-order valence-electron chi connectivity index (χ2n) is 6.64. The number of fused-ring (bicyclic) bond motifs is 1. The topological polar surface area (TPSA) is 75.7 Å². The fraction of sp³-hybridized carbons (Fsp3) is 0.190. The normalized spacial score (nSPS) is 15.3. The first-order valence-corrected chi connectivity index (χ1v) is 10.6. The number of sulfonamides is 1. The summed E-state index contributed by atoms with van der Waals surface area (Å²) in [7, 11) is -3.84. The Morgan fingerprint density at radius 2 is 1.72 bits per heavy atom. The number of benzene rings is 3. The number of halogens is 1. The SMILES string of the molecule is O=C(Nc1cccc2ccccc12)c1cc(S(=O)(=O)N2CCOCC2)ccc1F. The molecule has 8 heteroatoms. The van der Waals surface area contributed by atoms with Crippen molar-refractivity contribution in [1.29, 1.82) is 0 Å². The fourth-order valence-electron chi connectivity index (χ4n) is 3.30. The molecule has 29 heavy (non-hydrogen) atoms. The van der Waals surface area contributed by atoms with Crippen LogP contribution in [0, 0.1) is 5.82 Å². The summed E-state index contributed by atoms with van der Waals surface area (Å²) >= 11 is 0. The number of ether oxygens (including phenoxy) is 1. The monoisotopic (exact) mass is 414 g/mol. The number of morpholine rings is 1. The molecule has 0 saturated carbocycles. The van der Waals surface area contributed by atoms with Gasteiger partial charge in [-0.15, -0.1) is 0 Å². The van der Waals surface area contributed by atoms with Gasteiger partial charge in [0.2, 0.25) is 10.0 Å². The molecule has 4 rings (SSSR count). The minimum Gasteiger partial charge on any atom is -0.379 e. The van der Waals surface area contributed by atoms with Crippen LogP contribution >= 0.6 is 0 Å². The number of carbonyl (C=O) groups excluding carboxylic acids is 1. The Morgan fingerprint density at radius 1 is 1.00 bits per heavy atom. The van der Waals surface area contributed by atoms with Crippen molar-refractivity contribution >= 4 is 32.4 Å². The number of amides is 1. The van der Waals surface area contributed by atoms with Crippen LogP contribution in [0.3, 0.4) is 0 Å². The number of rotatable bonds is 4. The first-order valence-electron chi connectivity index (χ1n) is 9.13. The van der Waals surface area contributed by atoms with Gasteiger partial charge in [-0.1, -0.05) is 36.4 Å². The molecule has 150 valence electrons. The number of carbonyl (C=O) groups is 1. The average molecular weight is 414 g/mol. The highest BCUT2D eigenvalue weighted by Crippen LogP contribution is 2.25. The number of nitrogens with zero attached hydrogens (tertiary/aromatic N) is 1. The molecule has 6 nitrogen and oxygen atoms in total. The van der Waals surface area contributed by atoms with Crippen molar-refractivity contribution in [2.75, 3.05) is 31.6 Å². The Kier molecular flexibility index (Phi) is 5.31. The maximum atomic E-state index is 14.4. The van der Waals surface area contributed by atoms with E-state index in [4.69, 9.17) is 4.74 Å². The molecule has 1 fully saturated rings. The zero-order valence-corrected chi connectivity index (χ0v) is 16.3. The number of anilines is 1. The van der Waals surface area contributed by atoms with E-state index in [1.54, 1.807) is 12.1 Å². The number of hydrogen-bond donors (Lipinski definition) is 1. The van der Waals surface area contributed by atoms with Crippen LogP contribution in [0.2, 0.25) is 0 Å². The van der Waals surface area contributed by atoms with Gasteiger partial charge in [0.25, 0.3) is 5.91 Å². The summed E-state index contributed by atoms with van der Waals surface area (Å²) in [4.78, 5) is 12.6. The van der Waals surface area contributed by atoms with Gasteiger partial charge in [0, 0.05) is 24.2 Å².